The standard InChI is InChI=1S/C21H30N4O2S/c1-2-3-14-4-6-15(7-5-14)16-8-10-17(11-9-16)24-21-18(20(27)25-28-21)19(22)23-12-13-26/h8-11,14-15,24,26H,2-7,12-13H2,1H3,(H2,22,23)(H,25,27). The second-order valence-corrected chi connectivity index (χ2v) is 8.26. The number of aliphatic hydroxyl groups excluding tert-OH is 1. The van der Waals surface area contributed by atoms with Crippen LogP contribution in [-0.2, 0) is 0 Å². The first-order chi connectivity index (χ1) is 13.6. The maximum atomic E-state index is 9.97. The molecule has 1 heterocycles. The Bertz CT molecular complexity index is 767. The molecule has 1 fully saturated rings. The summed E-state index contributed by atoms with van der Waals surface area (Å²) < 4.78 is 3.95. The zero-order chi connectivity index (χ0) is 19.9. The van der Waals surface area contributed by atoms with E-state index in [1.165, 1.54) is 44.1 Å². The SMILES string of the molecule is CCCC1CCC(c2ccc(Nc3snc(O)c3C(=N)NCCO)cc2)CC1. The Morgan fingerprint density at radius 1 is 1.21 bits per heavy atom. The van der Waals surface area contributed by atoms with Gasteiger partial charge in [-0.1, -0.05) is 31.9 Å². The fourth-order valence-electron chi connectivity index (χ4n) is 4.02. The van der Waals surface area contributed by atoms with Crippen LogP contribution in [0.5, 0.6) is 5.88 Å². The van der Waals surface area contributed by atoms with Gasteiger partial charge in [-0.2, -0.15) is 4.37 Å². The lowest BCUT2D eigenvalue weighted by atomic mass is 9.77. The molecule has 1 aliphatic rings. The second kappa shape index (κ2) is 9.89. The van der Waals surface area contributed by atoms with Crippen LogP contribution in [0.3, 0.4) is 0 Å². The maximum Gasteiger partial charge on any atom is 0.236 e. The Hall–Kier alpha value is -2.12. The van der Waals surface area contributed by atoms with E-state index in [1.54, 1.807) is 0 Å². The molecular formula is C21H30N4O2S. The average molecular weight is 403 g/mol. The summed E-state index contributed by atoms with van der Waals surface area (Å²) in [5, 5.41) is 33.6. The van der Waals surface area contributed by atoms with Crippen LogP contribution >= 0.6 is 11.5 Å². The minimum absolute atomic E-state index is 0.0447. The molecule has 152 valence electrons. The molecule has 1 aliphatic carbocycles. The first kappa shape index (κ1) is 20.6. The number of nitrogens with zero attached hydrogens (tertiary/aromatic N) is 1. The van der Waals surface area contributed by atoms with E-state index in [9.17, 15) is 5.11 Å². The largest absolute Gasteiger partial charge is 0.492 e. The molecule has 0 unspecified atom stereocenters. The summed E-state index contributed by atoms with van der Waals surface area (Å²) in [6.45, 7) is 2.45. The third kappa shape index (κ3) is 5.02. The van der Waals surface area contributed by atoms with Crippen molar-refractivity contribution in [1.29, 1.82) is 5.41 Å². The summed E-state index contributed by atoms with van der Waals surface area (Å²) in [5.41, 5.74) is 2.63. The van der Waals surface area contributed by atoms with Gasteiger partial charge in [0.05, 0.1) is 6.61 Å². The number of hydrogen-bond acceptors (Lipinski definition) is 6. The number of benzene rings is 1. The first-order valence-electron chi connectivity index (χ1n) is 10.1. The molecule has 2 aromatic rings. The summed E-state index contributed by atoms with van der Waals surface area (Å²) in [6.07, 6.45) is 7.88. The Morgan fingerprint density at radius 2 is 1.93 bits per heavy atom. The Morgan fingerprint density at radius 3 is 2.57 bits per heavy atom. The van der Waals surface area contributed by atoms with Gasteiger partial charge in [-0.05, 0) is 66.7 Å². The zero-order valence-corrected chi connectivity index (χ0v) is 17.2. The Labute approximate surface area is 170 Å². The van der Waals surface area contributed by atoms with Crippen LogP contribution in [0.1, 0.15) is 62.5 Å². The molecule has 7 heteroatoms. The fraction of sp³-hybridized carbons (Fsp3) is 0.524. The van der Waals surface area contributed by atoms with Gasteiger partial charge in [0.1, 0.15) is 16.4 Å². The van der Waals surface area contributed by atoms with E-state index in [2.05, 4.69) is 46.2 Å². The van der Waals surface area contributed by atoms with Crippen LogP contribution in [-0.4, -0.2) is 33.6 Å². The molecule has 0 atom stereocenters. The van der Waals surface area contributed by atoms with Gasteiger partial charge in [0.25, 0.3) is 0 Å². The maximum absolute atomic E-state index is 9.97. The van der Waals surface area contributed by atoms with Gasteiger partial charge in [-0.25, -0.2) is 0 Å². The van der Waals surface area contributed by atoms with Crippen LogP contribution < -0.4 is 10.6 Å². The van der Waals surface area contributed by atoms with Gasteiger partial charge in [-0.15, -0.1) is 0 Å². The van der Waals surface area contributed by atoms with Crippen LogP contribution in [0.15, 0.2) is 24.3 Å². The minimum atomic E-state index is -0.177. The van der Waals surface area contributed by atoms with E-state index < -0.39 is 0 Å². The molecule has 3 rings (SSSR count). The molecule has 0 amide bonds. The normalized spacial score (nSPS) is 19.4. The molecule has 0 bridgehead atoms. The molecule has 28 heavy (non-hydrogen) atoms. The van der Waals surface area contributed by atoms with Gasteiger partial charge >= 0.3 is 0 Å². The van der Waals surface area contributed by atoms with Crippen molar-refractivity contribution in [3.8, 4) is 5.88 Å². The van der Waals surface area contributed by atoms with E-state index in [0.29, 0.717) is 16.5 Å². The summed E-state index contributed by atoms with van der Waals surface area (Å²) in [7, 11) is 0. The number of aromatic hydroxyl groups is 1. The van der Waals surface area contributed by atoms with Crippen molar-refractivity contribution >= 4 is 28.1 Å². The number of nitrogens with one attached hydrogen (secondary N) is 3. The summed E-state index contributed by atoms with van der Waals surface area (Å²) in [4.78, 5) is 0. The summed E-state index contributed by atoms with van der Waals surface area (Å²) in [5.74, 6) is 1.43. The van der Waals surface area contributed by atoms with Crippen molar-refractivity contribution in [2.45, 2.75) is 51.4 Å². The van der Waals surface area contributed by atoms with Crippen molar-refractivity contribution in [2.75, 3.05) is 18.5 Å². The zero-order valence-electron chi connectivity index (χ0n) is 16.4. The Kier molecular flexibility index (Phi) is 7.28. The first-order valence-corrected chi connectivity index (χ1v) is 10.9. The van der Waals surface area contributed by atoms with Gasteiger partial charge in [0, 0.05) is 12.2 Å². The molecule has 6 nitrogen and oxygen atoms in total. The van der Waals surface area contributed by atoms with Crippen molar-refractivity contribution in [3.05, 3.63) is 35.4 Å². The second-order valence-electron chi connectivity index (χ2n) is 7.49. The molecular weight excluding hydrogens is 372 g/mol. The van der Waals surface area contributed by atoms with Crippen molar-refractivity contribution < 1.29 is 10.2 Å². The molecule has 1 aromatic carbocycles. The van der Waals surface area contributed by atoms with Crippen LogP contribution in [0.4, 0.5) is 10.7 Å². The van der Waals surface area contributed by atoms with Crippen LogP contribution in [0.2, 0.25) is 0 Å². The molecule has 0 spiro atoms. The average Bonchev–Trinajstić information content (AvgIpc) is 3.08. The summed E-state index contributed by atoms with van der Waals surface area (Å²) >= 11 is 1.12. The lowest BCUT2D eigenvalue weighted by Gasteiger charge is -2.28. The van der Waals surface area contributed by atoms with Crippen molar-refractivity contribution in [1.82, 2.24) is 9.69 Å². The van der Waals surface area contributed by atoms with Gasteiger partial charge in [-0.3, -0.25) is 5.41 Å². The molecule has 1 aromatic heterocycles. The number of anilines is 2. The van der Waals surface area contributed by atoms with E-state index in [0.717, 1.165) is 23.1 Å². The highest BCUT2D eigenvalue weighted by molar-refractivity contribution is 7.11. The lowest BCUT2D eigenvalue weighted by Crippen LogP contribution is -2.26. The predicted octanol–water partition coefficient (Wildman–Crippen LogP) is 4.57. The number of amidine groups is 1. The molecule has 0 aliphatic heterocycles. The molecule has 1 saturated carbocycles. The predicted molar refractivity (Wildman–Crippen MR) is 115 cm³/mol. The van der Waals surface area contributed by atoms with Crippen molar-refractivity contribution in [3.63, 3.8) is 0 Å². The van der Waals surface area contributed by atoms with Gasteiger partial charge in [0.2, 0.25) is 5.88 Å². The molecule has 5 N–H and O–H groups in total. The number of aliphatic hydroxyl groups is 1. The van der Waals surface area contributed by atoms with Crippen LogP contribution in [0, 0.1) is 11.3 Å². The third-order valence-electron chi connectivity index (χ3n) is 5.52. The van der Waals surface area contributed by atoms with Gasteiger partial charge < -0.3 is 20.8 Å². The molecule has 0 saturated heterocycles. The fourth-order valence-corrected chi connectivity index (χ4v) is 4.74. The highest BCUT2D eigenvalue weighted by Crippen LogP contribution is 2.38. The quantitative estimate of drug-likeness (QED) is 0.329. The number of hydrogen-bond donors (Lipinski definition) is 5. The smallest absolute Gasteiger partial charge is 0.236 e. The van der Waals surface area contributed by atoms with Gasteiger partial charge in [0.15, 0.2) is 0 Å². The van der Waals surface area contributed by atoms with Crippen molar-refractivity contribution in [2.24, 2.45) is 5.92 Å². The number of rotatable bonds is 8. The monoisotopic (exact) mass is 402 g/mol. The topological polar surface area (TPSA) is 101 Å². The highest BCUT2D eigenvalue weighted by atomic mass is 32.1. The van der Waals surface area contributed by atoms with E-state index in [1.807, 2.05) is 0 Å². The van der Waals surface area contributed by atoms with E-state index >= 15 is 0 Å². The van der Waals surface area contributed by atoms with Crippen LogP contribution in [0.25, 0.3) is 0 Å². The Balaban J connectivity index is 1.63. The van der Waals surface area contributed by atoms with E-state index in [4.69, 9.17) is 10.5 Å². The van der Waals surface area contributed by atoms with E-state index in [-0.39, 0.29) is 24.9 Å². The third-order valence-corrected chi connectivity index (χ3v) is 6.27. The highest BCUT2D eigenvalue weighted by Gasteiger charge is 2.22. The summed E-state index contributed by atoms with van der Waals surface area (Å²) in [6, 6.07) is 8.48. The number of aromatic nitrogens is 1. The lowest BCUT2D eigenvalue weighted by molar-refractivity contribution is 0.300. The minimum Gasteiger partial charge on any atom is -0.492 e. The molecule has 0 radical (unpaired) electrons.